The Morgan fingerprint density at radius 1 is 0.556 bits per heavy atom. The number of rotatable bonds is 26. The zero-order valence-electron chi connectivity index (χ0n) is 69.5. The Morgan fingerprint density at radius 3 is 1.64 bits per heavy atom. The standard InChI is InChI=1S/C47H50ClFN6O7S.C46H48ClFN6O8S/c48-36-7-4-32(5-8-36)40-28-47(14-1-15-47)16-10-35(40)30-53-18-20-54(21-19-53)37-25-41(49)44(43(26-37)62-38-24-34-11-17-50-45(34)51-29-38)46(56)52-63(59,60)39-9-6-33(42(27-39)55(57)58)3-2-31-12-22-61-23-13-31;47-33-4-2-30(3-5-33)40-26-46(12-1-13-46)14-10-32(40)28-52-16-18-53(19-17-52)34-6-8-39(43(23-34)62-36-22-31-11-15-49-44(31)50-27-36)45(55)51-63(58,59)37-24-41(48)38(42(25-37)54(56)57)9-7-35-29-60-20-21-61-35/h4-9,11,17,24-27,29,31H,1-3,10,12-16,18-23,28,30H2,(H,50,51)(H,52,56);2-6,8,11,15,22-25,27,35H,1,7,9-10,12-14,16-21,26,28-29H2,(H,49,50)(H,51,55)/t;35-/m.0/s1. The van der Waals surface area contributed by atoms with Crippen molar-refractivity contribution in [3.05, 3.63) is 245 Å². The number of piperazine rings is 2. The van der Waals surface area contributed by atoms with Crippen LogP contribution in [0.25, 0.3) is 33.2 Å². The molecule has 660 valence electrons. The average Bonchev–Trinajstić information content (AvgIpc) is 0.918. The number of hydrogen-bond donors (Lipinski definition) is 4. The van der Waals surface area contributed by atoms with Crippen molar-refractivity contribution in [2.24, 2.45) is 16.7 Å². The number of aryl methyl sites for hydroxylation is 1. The summed E-state index contributed by atoms with van der Waals surface area (Å²) in [7, 11) is -9.52. The van der Waals surface area contributed by atoms with Gasteiger partial charge in [0.1, 0.15) is 51.5 Å². The molecule has 4 saturated heterocycles. The second-order valence-electron chi connectivity index (χ2n) is 34.4. The van der Waals surface area contributed by atoms with Gasteiger partial charge in [0.2, 0.25) is 0 Å². The molecule has 2 spiro atoms. The normalized spacial score (nSPS) is 18.8. The van der Waals surface area contributed by atoms with Gasteiger partial charge < -0.3 is 43.5 Å². The van der Waals surface area contributed by atoms with Crippen molar-refractivity contribution in [1.82, 2.24) is 39.2 Å². The highest BCUT2D eigenvalue weighted by Gasteiger charge is 2.43. The molecule has 4 aliphatic heterocycles. The number of allylic oxidation sites excluding steroid dienone is 2. The number of benzene rings is 6. The second kappa shape index (κ2) is 37.7. The minimum Gasteiger partial charge on any atom is -0.455 e. The van der Waals surface area contributed by atoms with E-state index in [0.717, 1.165) is 111 Å². The van der Waals surface area contributed by atoms with Crippen LogP contribution in [0.4, 0.5) is 31.5 Å². The first-order valence-electron chi connectivity index (χ1n) is 43.1. The highest BCUT2D eigenvalue weighted by Crippen LogP contribution is 2.57. The summed E-state index contributed by atoms with van der Waals surface area (Å²) in [5, 5.41) is 27.1. The molecule has 4 aromatic heterocycles. The van der Waals surface area contributed by atoms with Gasteiger partial charge in [-0.1, -0.05) is 77.5 Å². The molecule has 0 unspecified atom stereocenters. The number of nitro benzene ring substituents is 2. The number of anilines is 2. The van der Waals surface area contributed by atoms with Crippen molar-refractivity contribution < 1.29 is 68.7 Å². The van der Waals surface area contributed by atoms with Crippen LogP contribution >= 0.6 is 23.2 Å². The van der Waals surface area contributed by atoms with E-state index in [1.165, 1.54) is 121 Å². The molecular weight excluding hydrogens is 1700 g/mol. The molecule has 6 aromatic carbocycles. The molecule has 27 nitrogen and oxygen atoms in total. The molecule has 4 N–H and O–H groups in total. The molecule has 1 atom stereocenters. The molecule has 4 aliphatic carbocycles. The summed E-state index contributed by atoms with van der Waals surface area (Å²) in [6, 6.07) is 36.1. The molecule has 2 amide bonds. The van der Waals surface area contributed by atoms with E-state index in [1.54, 1.807) is 48.8 Å². The van der Waals surface area contributed by atoms with Crippen molar-refractivity contribution in [2.75, 3.05) is 108 Å². The van der Waals surface area contributed by atoms with Crippen molar-refractivity contribution >= 4 is 111 Å². The Balaban J connectivity index is 0.000000178. The van der Waals surface area contributed by atoms with E-state index in [1.807, 2.05) is 44.7 Å². The molecule has 2 saturated carbocycles. The van der Waals surface area contributed by atoms with Gasteiger partial charge in [-0.25, -0.2) is 45.0 Å². The number of nitrogens with one attached hydrogen (secondary N) is 4. The van der Waals surface area contributed by atoms with Crippen molar-refractivity contribution in [3.63, 3.8) is 0 Å². The number of nitrogens with zero attached hydrogens (tertiary/aromatic N) is 8. The predicted molar refractivity (Wildman–Crippen MR) is 476 cm³/mol. The van der Waals surface area contributed by atoms with Crippen LogP contribution in [-0.2, 0) is 47.1 Å². The van der Waals surface area contributed by atoms with Gasteiger partial charge in [-0.05, 0) is 221 Å². The number of amides is 2. The number of aromatic amines is 2. The molecule has 8 heterocycles. The number of H-pyrrole nitrogens is 2. The van der Waals surface area contributed by atoms with E-state index in [2.05, 4.69) is 58.9 Å². The largest absolute Gasteiger partial charge is 0.455 e. The molecule has 10 aromatic rings. The van der Waals surface area contributed by atoms with Crippen molar-refractivity contribution in [2.45, 2.75) is 131 Å². The van der Waals surface area contributed by atoms with E-state index < -0.39 is 74.4 Å². The van der Waals surface area contributed by atoms with Crippen LogP contribution in [0.3, 0.4) is 0 Å². The summed E-state index contributed by atoms with van der Waals surface area (Å²) < 4.78 is 119. The summed E-state index contributed by atoms with van der Waals surface area (Å²) in [6.45, 7) is 9.65. The third-order valence-corrected chi connectivity index (χ3v) is 29.6. The Bertz CT molecular complexity index is 6080. The molecule has 6 fully saturated rings. The SMILES string of the molecule is O=C(NS(=O)(=O)c1cc(F)c(CC[C@H]2COCCO2)c([N+](=O)[O-])c1)c1ccc(N2CCN(CC3=C(c4ccc(Cl)cc4)CC4(CCC4)CC3)CC2)cc1Oc1cnc2[nH]ccc2c1.O=C(NS(=O)(=O)c1ccc(CCC2CCOCC2)c([N+](=O)[O-])c1)c1c(F)cc(N2CCN(CC3=C(c4ccc(Cl)cc4)CC4(CCC4)CC3)CC2)cc1Oc1cnc2[nH]ccc2c1. The Hall–Kier alpha value is -10.7. The lowest BCUT2D eigenvalue weighted by Crippen LogP contribution is -2.47. The lowest BCUT2D eigenvalue weighted by molar-refractivity contribution is -0.386. The van der Waals surface area contributed by atoms with Crippen LogP contribution in [0.15, 0.2) is 179 Å². The number of carbonyl (C=O) groups is 2. The van der Waals surface area contributed by atoms with Crippen LogP contribution in [0, 0.1) is 48.6 Å². The summed E-state index contributed by atoms with van der Waals surface area (Å²) in [5.74, 6) is -3.73. The fourth-order valence-electron chi connectivity index (χ4n) is 19.0. The van der Waals surface area contributed by atoms with E-state index in [-0.39, 0.29) is 59.6 Å². The number of carbonyl (C=O) groups excluding carboxylic acids is 2. The first kappa shape index (κ1) is 87.3. The molecular formula is C93H98Cl2F2N12O15S2. The molecule has 18 rings (SSSR count). The van der Waals surface area contributed by atoms with E-state index in [4.69, 9.17) is 46.9 Å². The maximum Gasteiger partial charge on any atom is 0.276 e. The number of fused-ring (bicyclic) bond motifs is 2. The van der Waals surface area contributed by atoms with Gasteiger partial charge in [0.25, 0.3) is 43.2 Å². The smallest absolute Gasteiger partial charge is 0.276 e. The highest BCUT2D eigenvalue weighted by atomic mass is 35.5. The van der Waals surface area contributed by atoms with Crippen LogP contribution in [0.2, 0.25) is 10.0 Å². The Kier molecular flexibility index (Phi) is 26.1. The first-order valence-corrected chi connectivity index (χ1v) is 46.8. The average molecular weight is 1800 g/mol. The number of ether oxygens (including phenoxy) is 5. The van der Waals surface area contributed by atoms with Gasteiger partial charge in [-0.2, -0.15) is 0 Å². The fourth-order valence-corrected chi connectivity index (χ4v) is 21.2. The van der Waals surface area contributed by atoms with Gasteiger partial charge >= 0.3 is 0 Å². The number of sulfonamides is 2. The predicted octanol–water partition coefficient (Wildman–Crippen LogP) is 17.9. The van der Waals surface area contributed by atoms with Crippen LogP contribution in [-0.4, -0.2) is 173 Å². The van der Waals surface area contributed by atoms with E-state index in [0.29, 0.717) is 122 Å². The fraction of sp³-hybridized carbons (Fsp3) is 0.398. The van der Waals surface area contributed by atoms with Crippen molar-refractivity contribution in [3.8, 4) is 23.0 Å². The lowest BCUT2D eigenvalue weighted by Gasteiger charge is -2.47. The van der Waals surface area contributed by atoms with Crippen molar-refractivity contribution in [1.29, 1.82) is 0 Å². The minimum atomic E-state index is -4.81. The molecule has 8 aliphatic rings. The van der Waals surface area contributed by atoms with Gasteiger partial charge in [0, 0.05) is 153 Å². The van der Waals surface area contributed by atoms with Gasteiger partial charge in [-0.15, -0.1) is 0 Å². The monoisotopic (exact) mass is 1790 g/mol. The zero-order valence-corrected chi connectivity index (χ0v) is 72.7. The lowest BCUT2D eigenvalue weighted by atomic mass is 9.59. The quantitative estimate of drug-likeness (QED) is 0.0289. The number of nitro groups is 2. The van der Waals surface area contributed by atoms with Gasteiger partial charge in [0.05, 0.1) is 69.1 Å². The number of pyridine rings is 2. The topological polar surface area (TPSA) is 329 Å². The summed E-state index contributed by atoms with van der Waals surface area (Å²) in [4.78, 5) is 73.2. The van der Waals surface area contributed by atoms with E-state index in [9.17, 15) is 46.7 Å². The molecule has 33 heteroatoms. The van der Waals surface area contributed by atoms with Gasteiger partial charge in [0.15, 0.2) is 0 Å². The Morgan fingerprint density at radius 2 is 1.10 bits per heavy atom. The van der Waals surface area contributed by atoms with Crippen LogP contribution in [0.5, 0.6) is 23.0 Å². The van der Waals surface area contributed by atoms with Crippen LogP contribution < -0.4 is 28.7 Å². The summed E-state index contributed by atoms with van der Waals surface area (Å²) >= 11 is 12.5. The molecule has 0 radical (unpaired) electrons. The first-order chi connectivity index (χ1) is 60.8. The third kappa shape index (κ3) is 20.0. The molecule has 0 bridgehead atoms. The third-order valence-electron chi connectivity index (χ3n) is 26.5. The zero-order chi connectivity index (χ0) is 87.4. The summed E-state index contributed by atoms with van der Waals surface area (Å²) in [6.07, 6.45) is 23.4. The number of halogens is 4. The maximum atomic E-state index is 16.5. The van der Waals surface area contributed by atoms with Gasteiger partial charge in [-0.3, -0.25) is 39.6 Å². The number of aromatic nitrogens is 4. The Labute approximate surface area is 738 Å². The molecule has 126 heavy (non-hydrogen) atoms. The maximum absolute atomic E-state index is 16.5. The minimum absolute atomic E-state index is 0.0608. The highest BCUT2D eigenvalue weighted by molar-refractivity contribution is 7.90. The number of hydrogen-bond acceptors (Lipinski definition) is 21. The van der Waals surface area contributed by atoms with E-state index >= 15 is 8.78 Å². The second-order valence-corrected chi connectivity index (χ2v) is 38.6. The van der Waals surface area contributed by atoms with Crippen LogP contribution in [0.1, 0.15) is 146 Å². The summed E-state index contributed by atoms with van der Waals surface area (Å²) in [5.41, 5.74) is 9.91.